The molecule has 3 atom stereocenters. The molecule has 1 aliphatic heterocycles. The molecule has 0 saturated heterocycles. The van der Waals surface area contributed by atoms with Crippen LogP contribution in [0.15, 0.2) is 0 Å². The lowest BCUT2D eigenvalue weighted by Crippen LogP contribution is -2.45. The number of aryl methyl sites for hydroxylation is 2. The van der Waals surface area contributed by atoms with Crippen LogP contribution in [0, 0.1) is 12.8 Å². The van der Waals surface area contributed by atoms with Crippen LogP contribution < -0.4 is 11.1 Å². The summed E-state index contributed by atoms with van der Waals surface area (Å²) in [5, 5.41) is 7.54. The van der Waals surface area contributed by atoms with Crippen LogP contribution in [0.1, 0.15) is 43.8 Å². The fourth-order valence-electron chi connectivity index (χ4n) is 3.34. The predicted molar refractivity (Wildman–Crippen MR) is 74.9 cm³/mol. The zero-order valence-electron chi connectivity index (χ0n) is 12.0. The smallest absolute Gasteiger partial charge is 0.223 e. The van der Waals surface area contributed by atoms with Gasteiger partial charge in [-0.1, -0.05) is 6.42 Å². The third-order valence-electron chi connectivity index (χ3n) is 4.40. The largest absolute Gasteiger partial charge is 0.351 e. The first-order valence-electron chi connectivity index (χ1n) is 7.58. The van der Waals surface area contributed by atoms with Crippen LogP contribution in [-0.4, -0.2) is 32.8 Å². The number of hydrogen-bond donors (Lipinski definition) is 2. The van der Waals surface area contributed by atoms with E-state index in [-0.39, 0.29) is 23.9 Å². The highest BCUT2D eigenvalue weighted by Gasteiger charge is 2.28. The number of rotatable bonds is 2. The molecule has 6 nitrogen and oxygen atoms in total. The first-order valence-corrected chi connectivity index (χ1v) is 7.58. The van der Waals surface area contributed by atoms with Crippen molar-refractivity contribution in [1.29, 1.82) is 0 Å². The molecule has 1 fully saturated rings. The third-order valence-corrected chi connectivity index (χ3v) is 4.40. The summed E-state index contributed by atoms with van der Waals surface area (Å²) in [5.74, 6) is 2.11. The molecular formula is C14H23N5O. The SMILES string of the molecule is Cc1nc2n(n1)CC(NC(=O)C1CCCC(N)C1)CC2. The number of carbonyl (C=O) groups is 1. The van der Waals surface area contributed by atoms with E-state index in [1.54, 1.807) is 0 Å². The van der Waals surface area contributed by atoms with Gasteiger partial charge in [-0.25, -0.2) is 9.67 Å². The van der Waals surface area contributed by atoms with E-state index in [4.69, 9.17) is 5.73 Å². The predicted octanol–water partition coefficient (Wildman–Crippen LogP) is 0.535. The van der Waals surface area contributed by atoms with Gasteiger partial charge in [0.2, 0.25) is 5.91 Å². The van der Waals surface area contributed by atoms with E-state index in [0.717, 1.165) is 56.7 Å². The normalized spacial score (nSPS) is 29.8. The summed E-state index contributed by atoms with van der Waals surface area (Å²) in [5.41, 5.74) is 5.96. The molecule has 2 heterocycles. The molecule has 3 rings (SSSR count). The standard InChI is InChI=1S/C14H23N5O/c1-9-16-13-6-5-12(8-19(13)18-9)17-14(20)10-3-2-4-11(15)7-10/h10-12H,2-8,15H2,1H3,(H,17,20). The maximum absolute atomic E-state index is 12.3. The van der Waals surface area contributed by atoms with Crippen LogP contribution in [0.2, 0.25) is 0 Å². The minimum Gasteiger partial charge on any atom is -0.351 e. The highest BCUT2D eigenvalue weighted by atomic mass is 16.2. The number of nitrogens with one attached hydrogen (secondary N) is 1. The Hall–Kier alpha value is -1.43. The maximum atomic E-state index is 12.3. The maximum Gasteiger partial charge on any atom is 0.223 e. The van der Waals surface area contributed by atoms with Crippen LogP contribution >= 0.6 is 0 Å². The van der Waals surface area contributed by atoms with Crippen LogP contribution in [0.4, 0.5) is 0 Å². The lowest BCUT2D eigenvalue weighted by atomic mass is 9.85. The van der Waals surface area contributed by atoms with Gasteiger partial charge < -0.3 is 11.1 Å². The van der Waals surface area contributed by atoms with Gasteiger partial charge in [0.15, 0.2) is 0 Å². The quantitative estimate of drug-likeness (QED) is 0.826. The molecule has 1 amide bonds. The van der Waals surface area contributed by atoms with Crippen molar-refractivity contribution in [3.8, 4) is 0 Å². The fraction of sp³-hybridized carbons (Fsp3) is 0.786. The lowest BCUT2D eigenvalue weighted by Gasteiger charge is -2.29. The van der Waals surface area contributed by atoms with E-state index in [2.05, 4.69) is 15.4 Å². The molecule has 6 heteroatoms. The molecule has 1 aliphatic carbocycles. The van der Waals surface area contributed by atoms with Crippen molar-refractivity contribution >= 4 is 5.91 Å². The lowest BCUT2D eigenvalue weighted by molar-refractivity contribution is -0.127. The minimum atomic E-state index is 0.0950. The van der Waals surface area contributed by atoms with Crippen molar-refractivity contribution in [3.05, 3.63) is 11.6 Å². The molecule has 0 aromatic carbocycles. The Morgan fingerprint density at radius 1 is 1.40 bits per heavy atom. The topological polar surface area (TPSA) is 85.8 Å². The summed E-state index contributed by atoms with van der Waals surface area (Å²) < 4.78 is 1.93. The molecular weight excluding hydrogens is 254 g/mol. The number of carbonyl (C=O) groups excluding carboxylic acids is 1. The van der Waals surface area contributed by atoms with E-state index in [0.29, 0.717) is 0 Å². The van der Waals surface area contributed by atoms with Crippen LogP contribution in [0.25, 0.3) is 0 Å². The zero-order chi connectivity index (χ0) is 14.1. The Bertz CT molecular complexity index is 498. The second kappa shape index (κ2) is 5.52. The first-order chi connectivity index (χ1) is 9.61. The molecule has 1 aromatic rings. The molecule has 110 valence electrons. The monoisotopic (exact) mass is 277 g/mol. The highest BCUT2D eigenvalue weighted by Crippen LogP contribution is 2.24. The summed E-state index contributed by atoms with van der Waals surface area (Å²) >= 11 is 0. The van der Waals surface area contributed by atoms with Crippen LogP contribution in [0.3, 0.4) is 0 Å². The summed E-state index contributed by atoms with van der Waals surface area (Å²) in [6.45, 7) is 2.64. The van der Waals surface area contributed by atoms with Gasteiger partial charge in [-0.2, -0.15) is 5.10 Å². The number of fused-ring (bicyclic) bond motifs is 1. The molecule has 0 spiro atoms. The summed E-state index contributed by atoms with van der Waals surface area (Å²) in [4.78, 5) is 16.7. The number of nitrogens with two attached hydrogens (primary N) is 1. The highest BCUT2D eigenvalue weighted by molar-refractivity contribution is 5.79. The molecule has 1 saturated carbocycles. The number of aromatic nitrogens is 3. The molecule has 0 bridgehead atoms. The van der Waals surface area contributed by atoms with E-state index >= 15 is 0 Å². The molecule has 0 radical (unpaired) electrons. The van der Waals surface area contributed by atoms with Gasteiger partial charge >= 0.3 is 0 Å². The van der Waals surface area contributed by atoms with E-state index in [1.807, 2.05) is 11.6 Å². The minimum absolute atomic E-state index is 0.0950. The van der Waals surface area contributed by atoms with E-state index in [9.17, 15) is 4.79 Å². The van der Waals surface area contributed by atoms with Gasteiger partial charge in [0.05, 0.1) is 6.54 Å². The number of nitrogens with zero attached hydrogens (tertiary/aromatic N) is 3. The van der Waals surface area contributed by atoms with E-state index < -0.39 is 0 Å². The fourth-order valence-corrected chi connectivity index (χ4v) is 3.34. The van der Waals surface area contributed by atoms with E-state index in [1.165, 1.54) is 0 Å². The van der Waals surface area contributed by atoms with Gasteiger partial charge in [-0.3, -0.25) is 4.79 Å². The molecule has 1 aromatic heterocycles. The summed E-state index contributed by atoms with van der Waals surface area (Å²) in [7, 11) is 0. The Morgan fingerprint density at radius 2 is 2.25 bits per heavy atom. The Morgan fingerprint density at radius 3 is 3.05 bits per heavy atom. The van der Waals surface area contributed by atoms with Gasteiger partial charge in [-0.05, 0) is 32.6 Å². The van der Waals surface area contributed by atoms with Crippen LogP contribution in [-0.2, 0) is 17.8 Å². The van der Waals surface area contributed by atoms with Crippen molar-refractivity contribution in [2.75, 3.05) is 0 Å². The molecule has 20 heavy (non-hydrogen) atoms. The van der Waals surface area contributed by atoms with Crippen molar-refractivity contribution < 1.29 is 4.79 Å². The zero-order valence-corrected chi connectivity index (χ0v) is 12.0. The summed E-state index contributed by atoms with van der Waals surface area (Å²) in [6.07, 6.45) is 5.75. The van der Waals surface area contributed by atoms with Crippen molar-refractivity contribution in [2.24, 2.45) is 11.7 Å². The second-order valence-corrected chi connectivity index (χ2v) is 6.13. The number of hydrogen-bond acceptors (Lipinski definition) is 4. The molecule has 3 N–H and O–H groups in total. The average Bonchev–Trinajstić information content (AvgIpc) is 2.78. The first kappa shape index (κ1) is 13.5. The van der Waals surface area contributed by atoms with Gasteiger partial charge in [0.25, 0.3) is 0 Å². The molecule has 2 aliphatic rings. The molecule has 3 unspecified atom stereocenters. The Labute approximate surface area is 119 Å². The van der Waals surface area contributed by atoms with Crippen molar-refractivity contribution in [3.63, 3.8) is 0 Å². The van der Waals surface area contributed by atoms with Gasteiger partial charge in [-0.15, -0.1) is 0 Å². The van der Waals surface area contributed by atoms with Crippen molar-refractivity contribution in [2.45, 2.75) is 64.1 Å². The third kappa shape index (κ3) is 2.85. The average molecular weight is 277 g/mol. The second-order valence-electron chi connectivity index (χ2n) is 6.13. The Kier molecular flexibility index (Phi) is 3.74. The summed E-state index contributed by atoms with van der Waals surface area (Å²) in [6, 6.07) is 0.365. The van der Waals surface area contributed by atoms with Gasteiger partial charge in [0.1, 0.15) is 11.6 Å². The van der Waals surface area contributed by atoms with Crippen molar-refractivity contribution in [1.82, 2.24) is 20.1 Å². The number of amides is 1. The van der Waals surface area contributed by atoms with Gasteiger partial charge in [0, 0.05) is 24.4 Å². The Balaban J connectivity index is 1.57. The van der Waals surface area contributed by atoms with Crippen LogP contribution in [0.5, 0.6) is 0 Å².